The fourth-order valence-electron chi connectivity index (χ4n) is 2.74. The number of nitrogens with zero attached hydrogens (tertiary/aromatic N) is 3. The predicted octanol–water partition coefficient (Wildman–Crippen LogP) is 6.14. The first-order valence-corrected chi connectivity index (χ1v) is 8.63. The molecular weight excluding hydrogens is 365 g/mol. The van der Waals surface area contributed by atoms with Crippen LogP contribution in [0.15, 0.2) is 66.7 Å². The lowest BCUT2D eigenvalue weighted by Crippen LogP contribution is -1.96. The number of fused-ring (bicyclic) bond motifs is 1. The molecule has 0 saturated heterocycles. The standard InChI is InChI=1S/C21H11Cl2N3/c22-16-6-2-14(3-7-16)20-21(15-4-8-17(23)9-5-15)26-19-11-13(12-24)1-10-18(19)25-20/h1-11H. The van der Waals surface area contributed by atoms with Gasteiger partial charge in [-0.25, -0.2) is 9.97 Å². The van der Waals surface area contributed by atoms with Crippen LogP contribution in [0.1, 0.15) is 5.56 Å². The molecule has 1 heterocycles. The highest BCUT2D eigenvalue weighted by atomic mass is 35.5. The average Bonchev–Trinajstić information content (AvgIpc) is 2.68. The van der Waals surface area contributed by atoms with E-state index in [2.05, 4.69) is 6.07 Å². The van der Waals surface area contributed by atoms with Crippen molar-refractivity contribution in [1.82, 2.24) is 9.97 Å². The number of hydrogen-bond donors (Lipinski definition) is 0. The quantitative estimate of drug-likeness (QED) is 0.422. The van der Waals surface area contributed by atoms with Crippen molar-refractivity contribution in [2.75, 3.05) is 0 Å². The van der Waals surface area contributed by atoms with Gasteiger partial charge in [-0.05, 0) is 42.5 Å². The molecule has 0 radical (unpaired) electrons. The Hall–Kier alpha value is -2.93. The highest BCUT2D eigenvalue weighted by Gasteiger charge is 2.13. The van der Waals surface area contributed by atoms with Crippen LogP contribution in [0.3, 0.4) is 0 Å². The number of benzene rings is 3. The molecule has 0 aliphatic heterocycles. The lowest BCUT2D eigenvalue weighted by atomic mass is 10.0. The molecule has 3 aromatic carbocycles. The van der Waals surface area contributed by atoms with E-state index >= 15 is 0 Å². The topological polar surface area (TPSA) is 49.6 Å². The molecule has 0 amide bonds. The smallest absolute Gasteiger partial charge is 0.0992 e. The molecule has 5 heteroatoms. The van der Waals surface area contributed by atoms with Gasteiger partial charge in [0.2, 0.25) is 0 Å². The zero-order chi connectivity index (χ0) is 18.1. The van der Waals surface area contributed by atoms with Crippen LogP contribution in [0, 0.1) is 11.3 Å². The Morgan fingerprint density at radius 1 is 0.654 bits per heavy atom. The molecular formula is C21H11Cl2N3. The van der Waals surface area contributed by atoms with E-state index in [9.17, 15) is 0 Å². The second-order valence-electron chi connectivity index (χ2n) is 5.75. The maximum atomic E-state index is 9.15. The first-order chi connectivity index (χ1) is 12.6. The van der Waals surface area contributed by atoms with Crippen LogP contribution in [-0.4, -0.2) is 9.97 Å². The predicted molar refractivity (Wildman–Crippen MR) is 105 cm³/mol. The van der Waals surface area contributed by atoms with Crippen LogP contribution in [0.2, 0.25) is 10.0 Å². The van der Waals surface area contributed by atoms with Gasteiger partial charge >= 0.3 is 0 Å². The van der Waals surface area contributed by atoms with Crippen molar-refractivity contribution in [3.8, 4) is 28.6 Å². The van der Waals surface area contributed by atoms with Crippen LogP contribution >= 0.6 is 23.2 Å². The second-order valence-corrected chi connectivity index (χ2v) is 6.62. The lowest BCUT2D eigenvalue weighted by Gasteiger charge is -2.11. The minimum Gasteiger partial charge on any atom is -0.244 e. The van der Waals surface area contributed by atoms with Crippen molar-refractivity contribution >= 4 is 34.2 Å². The van der Waals surface area contributed by atoms with Crippen molar-refractivity contribution in [2.24, 2.45) is 0 Å². The van der Waals surface area contributed by atoms with E-state index in [4.69, 9.17) is 38.4 Å². The van der Waals surface area contributed by atoms with Crippen molar-refractivity contribution < 1.29 is 0 Å². The van der Waals surface area contributed by atoms with E-state index in [0.29, 0.717) is 21.1 Å². The van der Waals surface area contributed by atoms with E-state index in [-0.39, 0.29) is 0 Å². The molecule has 0 N–H and O–H groups in total. The molecule has 0 bridgehead atoms. The zero-order valence-electron chi connectivity index (χ0n) is 13.4. The first-order valence-electron chi connectivity index (χ1n) is 7.88. The van der Waals surface area contributed by atoms with Gasteiger partial charge in [-0.15, -0.1) is 0 Å². The lowest BCUT2D eigenvalue weighted by molar-refractivity contribution is 1.29. The number of aromatic nitrogens is 2. The number of nitriles is 1. The zero-order valence-corrected chi connectivity index (χ0v) is 15.0. The van der Waals surface area contributed by atoms with E-state index in [1.807, 2.05) is 54.6 Å². The molecule has 3 nitrogen and oxygen atoms in total. The Morgan fingerprint density at radius 3 is 1.65 bits per heavy atom. The minimum absolute atomic E-state index is 0.549. The summed E-state index contributed by atoms with van der Waals surface area (Å²) in [6.45, 7) is 0. The summed E-state index contributed by atoms with van der Waals surface area (Å²) >= 11 is 12.0. The third-order valence-electron chi connectivity index (χ3n) is 4.03. The highest BCUT2D eigenvalue weighted by molar-refractivity contribution is 6.31. The Kier molecular flexibility index (Phi) is 4.30. The molecule has 0 aliphatic rings. The van der Waals surface area contributed by atoms with Crippen LogP contribution < -0.4 is 0 Å². The highest BCUT2D eigenvalue weighted by Crippen LogP contribution is 2.32. The molecule has 4 rings (SSSR count). The molecule has 0 unspecified atom stereocenters. The Balaban J connectivity index is 2.01. The molecule has 1 aromatic heterocycles. The molecule has 0 fully saturated rings. The van der Waals surface area contributed by atoms with E-state index < -0.39 is 0 Å². The van der Waals surface area contributed by atoms with Gasteiger partial charge in [0.25, 0.3) is 0 Å². The summed E-state index contributed by atoms with van der Waals surface area (Å²) in [5, 5.41) is 10.5. The summed E-state index contributed by atoms with van der Waals surface area (Å²) in [6.07, 6.45) is 0. The number of halogens is 2. The monoisotopic (exact) mass is 375 g/mol. The fourth-order valence-corrected chi connectivity index (χ4v) is 2.99. The Bertz CT molecular complexity index is 1140. The van der Waals surface area contributed by atoms with Crippen molar-refractivity contribution in [2.45, 2.75) is 0 Å². The van der Waals surface area contributed by atoms with Crippen LogP contribution in [-0.2, 0) is 0 Å². The van der Waals surface area contributed by atoms with Gasteiger partial charge in [0.1, 0.15) is 0 Å². The SMILES string of the molecule is N#Cc1ccc2nc(-c3ccc(Cl)cc3)c(-c3ccc(Cl)cc3)nc2c1. The summed E-state index contributed by atoms with van der Waals surface area (Å²) in [5.41, 5.74) is 5.24. The summed E-state index contributed by atoms with van der Waals surface area (Å²) in [6, 6.07) is 22.4. The molecule has 0 spiro atoms. The maximum absolute atomic E-state index is 9.15. The van der Waals surface area contributed by atoms with E-state index in [0.717, 1.165) is 28.0 Å². The fraction of sp³-hybridized carbons (Fsp3) is 0. The molecule has 0 atom stereocenters. The van der Waals surface area contributed by atoms with Gasteiger partial charge in [0.15, 0.2) is 0 Å². The van der Waals surface area contributed by atoms with E-state index in [1.165, 1.54) is 0 Å². The average molecular weight is 376 g/mol. The van der Waals surface area contributed by atoms with Gasteiger partial charge in [-0.1, -0.05) is 47.5 Å². The second kappa shape index (κ2) is 6.76. The molecule has 26 heavy (non-hydrogen) atoms. The first kappa shape index (κ1) is 16.5. The third-order valence-corrected chi connectivity index (χ3v) is 4.53. The number of hydrogen-bond acceptors (Lipinski definition) is 3. The van der Waals surface area contributed by atoms with Crippen molar-refractivity contribution in [1.29, 1.82) is 5.26 Å². The van der Waals surface area contributed by atoms with Crippen LogP contribution in [0.25, 0.3) is 33.5 Å². The van der Waals surface area contributed by atoms with Gasteiger partial charge in [-0.3, -0.25) is 0 Å². The van der Waals surface area contributed by atoms with Gasteiger partial charge in [-0.2, -0.15) is 5.26 Å². The molecule has 124 valence electrons. The molecule has 0 saturated carbocycles. The third kappa shape index (κ3) is 3.13. The summed E-state index contributed by atoms with van der Waals surface area (Å²) in [5.74, 6) is 0. The summed E-state index contributed by atoms with van der Waals surface area (Å²) in [4.78, 5) is 9.59. The van der Waals surface area contributed by atoms with Crippen LogP contribution in [0.5, 0.6) is 0 Å². The van der Waals surface area contributed by atoms with Crippen molar-refractivity contribution in [3.05, 3.63) is 82.3 Å². The van der Waals surface area contributed by atoms with Crippen LogP contribution in [0.4, 0.5) is 0 Å². The minimum atomic E-state index is 0.549. The van der Waals surface area contributed by atoms with Gasteiger partial charge < -0.3 is 0 Å². The largest absolute Gasteiger partial charge is 0.244 e. The molecule has 4 aromatic rings. The Morgan fingerprint density at radius 2 is 1.15 bits per heavy atom. The Labute approximate surface area is 160 Å². The normalized spacial score (nSPS) is 10.7. The number of rotatable bonds is 2. The molecule has 0 aliphatic carbocycles. The maximum Gasteiger partial charge on any atom is 0.0992 e. The van der Waals surface area contributed by atoms with E-state index in [1.54, 1.807) is 12.1 Å². The van der Waals surface area contributed by atoms with Gasteiger partial charge in [0.05, 0.1) is 34.1 Å². The summed E-state index contributed by atoms with van der Waals surface area (Å²) in [7, 11) is 0. The van der Waals surface area contributed by atoms with Gasteiger partial charge in [0, 0.05) is 21.2 Å². The summed E-state index contributed by atoms with van der Waals surface area (Å²) < 4.78 is 0. The van der Waals surface area contributed by atoms with Crippen molar-refractivity contribution in [3.63, 3.8) is 0 Å².